The van der Waals surface area contributed by atoms with Crippen LogP contribution in [0.3, 0.4) is 0 Å². The molecule has 1 fully saturated rings. The van der Waals surface area contributed by atoms with Crippen molar-refractivity contribution in [3.63, 3.8) is 0 Å². The van der Waals surface area contributed by atoms with Crippen molar-refractivity contribution in [3.05, 3.63) is 11.4 Å². The fraction of sp³-hybridized carbons (Fsp3) is 0.800. The van der Waals surface area contributed by atoms with E-state index in [1.807, 2.05) is 6.92 Å². The van der Waals surface area contributed by atoms with E-state index in [0.29, 0.717) is 18.7 Å². The summed E-state index contributed by atoms with van der Waals surface area (Å²) in [5.41, 5.74) is 1.74. The molecule has 2 unspecified atom stereocenters. The molecule has 1 N–H and O–H groups in total. The maximum atomic E-state index is 5.40. The van der Waals surface area contributed by atoms with Gasteiger partial charge in [-0.05, 0) is 26.2 Å². The highest BCUT2D eigenvalue weighted by molar-refractivity contribution is 5.04. The van der Waals surface area contributed by atoms with Crippen LogP contribution in [-0.4, -0.2) is 29.6 Å². The highest BCUT2D eigenvalue weighted by atomic mass is 16.6. The number of nitrogens with one attached hydrogen (secondary N) is 1. The van der Waals surface area contributed by atoms with Gasteiger partial charge >= 0.3 is 0 Å². The molecule has 15 heavy (non-hydrogen) atoms. The van der Waals surface area contributed by atoms with Gasteiger partial charge in [-0.15, -0.1) is 0 Å². The van der Waals surface area contributed by atoms with Crippen molar-refractivity contribution in [1.29, 1.82) is 0 Å². The van der Waals surface area contributed by atoms with Crippen LogP contribution in [0.25, 0.3) is 0 Å². The predicted octanol–water partition coefficient (Wildman–Crippen LogP) is 1.04. The molecule has 2 rings (SSSR count). The lowest BCUT2D eigenvalue weighted by Crippen LogP contribution is -2.36. The number of aryl methyl sites for hydroxylation is 1. The summed E-state index contributed by atoms with van der Waals surface area (Å²) < 4.78 is 10.0. The first-order valence-electron chi connectivity index (χ1n) is 5.35. The molecule has 1 aromatic rings. The molecule has 0 bridgehead atoms. The third-order valence-electron chi connectivity index (χ3n) is 3.03. The second kappa shape index (κ2) is 4.72. The van der Waals surface area contributed by atoms with Crippen molar-refractivity contribution in [2.75, 3.05) is 7.11 Å². The van der Waals surface area contributed by atoms with Crippen LogP contribution in [-0.2, 0) is 11.3 Å². The Morgan fingerprint density at radius 2 is 2.33 bits per heavy atom. The van der Waals surface area contributed by atoms with Gasteiger partial charge in [0.25, 0.3) is 0 Å². The van der Waals surface area contributed by atoms with Crippen LogP contribution in [0, 0.1) is 6.92 Å². The number of methoxy groups -OCH3 is 1. The smallest absolute Gasteiger partial charge is 0.121 e. The van der Waals surface area contributed by atoms with Gasteiger partial charge in [0.1, 0.15) is 11.4 Å². The Hall–Kier alpha value is -0.940. The minimum absolute atomic E-state index is 0.338. The van der Waals surface area contributed by atoms with Gasteiger partial charge in [0.2, 0.25) is 0 Å². The third-order valence-corrected chi connectivity index (χ3v) is 3.03. The summed E-state index contributed by atoms with van der Waals surface area (Å²) in [6, 6.07) is 0.436. The monoisotopic (exact) mass is 211 g/mol. The fourth-order valence-electron chi connectivity index (χ4n) is 2.08. The van der Waals surface area contributed by atoms with Gasteiger partial charge in [0.15, 0.2) is 0 Å². The van der Waals surface area contributed by atoms with E-state index in [9.17, 15) is 0 Å². The highest BCUT2D eigenvalue weighted by Crippen LogP contribution is 2.21. The molecule has 5 nitrogen and oxygen atoms in total. The summed E-state index contributed by atoms with van der Waals surface area (Å²) in [5, 5.41) is 11.0. The first kappa shape index (κ1) is 10.6. The van der Waals surface area contributed by atoms with E-state index in [2.05, 4.69) is 20.3 Å². The van der Waals surface area contributed by atoms with E-state index in [1.54, 1.807) is 7.11 Å². The predicted molar refractivity (Wildman–Crippen MR) is 54.3 cm³/mol. The first-order valence-corrected chi connectivity index (χ1v) is 5.35. The number of rotatable bonds is 4. The highest BCUT2D eigenvalue weighted by Gasteiger charge is 2.26. The summed E-state index contributed by atoms with van der Waals surface area (Å²) in [5.74, 6) is 0. The van der Waals surface area contributed by atoms with Gasteiger partial charge in [-0.25, -0.2) is 4.63 Å². The van der Waals surface area contributed by atoms with E-state index >= 15 is 0 Å². The van der Waals surface area contributed by atoms with Crippen LogP contribution < -0.4 is 5.32 Å². The molecule has 0 aliphatic heterocycles. The summed E-state index contributed by atoms with van der Waals surface area (Å²) in [7, 11) is 1.77. The lowest BCUT2D eigenvalue weighted by atomic mass is 10.2. The molecule has 1 aromatic heterocycles. The summed E-state index contributed by atoms with van der Waals surface area (Å²) >= 11 is 0. The summed E-state index contributed by atoms with van der Waals surface area (Å²) in [6.45, 7) is 2.61. The molecule has 0 spiro atoms. The van der Waals surface area contributed by atoms with Crippen molar-refractivity contribution in [1.82, 2.24) is 15.6 Å². The van der Waals surface area contributed by atoms with E-state index in [1.165, 1.54) is 12.8 Å². The number of nitrogens with zero attached hydrogens (tertiary/aromatic N) is 2. The summed E-state index contributed by atoms with van der Waals surface area (Å²) in [4.78, 5) is 0. The molecule has 0 saturated heterocycles. The molecule has 1 saturated carbocycles. The molecule has 5 heteroatoms. The van der Waals surface area contributed by atoms with Crippen LogP contribution in [0.15, 0.2) is 4.63 Å². The largest absolute Gasteiger partial charge is 0.380 e. The minimum Gasteiger partial charge on any atom is -0.380 e. The van der Waals surface area contributed by atoms with Crippen LogP contribution >= 0.6 is 0 Å². The van der Waals surface area contributed by atoms with Crippen molar-refractivity contribution < 1.29 is 9.37 Å². The average molecular weight is 211 g/mol. The second-order valence-electron chi connectivity index (χ2n) is 3.99. The molecule has 1 heterocycles. The Kier molecular flexibility index (Phi) is 3.33. The third kappa shape index (κ3) is 2.35. The Bertz CT molecular complexity index is 313. The normalized spacial score (nSPS) is 26.0. The fourth-order valence-corrected chi connectivity index (χ4v) is 2.08. The quantitative estimate of drug-likeness (QED) is 0.806. The SMILES string of the molecule is COC1CCCC1NCc1nonc1C. The van der Waals surface area contributed by atoms with E-state index < -0.39 is 0 Å². The van der Waals surface area contributed by atoms with E-state index in [-0.39, 0.29) is 0 Å². The van der Waals surface area contributed by atoms with Crippen molar-refractivity contribution in [2.45, 2.75) is 44.9 Å². The van der Waals surface area contributed by atoms with Crippen molar-refractivity contribution in [3.8, 4) is 0 Å². The van der Waals surface area contributed by atoms with Gasteiger partial charge in [-0.2, -0.15) is 0 Å². The van der Waals surface area contributed by atoms with Crippen LogP contribution in [0.2, 0.25) is 0 Å². The Balaban J connectivity index is 1.85. The molecule has 1 aliphatic carbocycles. The average Bonchev–Trinajstić information content (AvgIpc) is 2.83. The Labute approximate surface area is 89.1 Å². The summed E-state index contributed by atoms with van der Waals surface area (Å²) in [6.07, 6.45) is 3.88. The van der Waals surface area contributed by atoms with Gasteiger partial charge < -0.3 is 10.1 Å². The van der Waals surface area contributed by atoms with E-state index in [0.717, 1.165) is 17.8 Å². The molecule has 2 atom stereocenters. The molecule has 0 amide bonds. The maximum Gasteiger partial charge on any atom is 0.121 e. The number of hydrogen-bond acceptors (Lipinski definition) is 5. The lowest BCUT2D eigenvalue weighted by Gasteiger charge is -2.18. The first-order chi connectivity index (χ1) is 7.31. The molecular formula is C10H17N3O2. The van der Waals surface area contributed by atoms with Crippen molar-refractivity contribution in [2.24, 2.45) is 0 Å². The van der Waals surface area contributed by atoms with Crippen LogP contribution in [0.4, 0.5) is 0 Å². The topological polar surface area (TPSA) is 60.2 Å². The standard InChI is InChI=1S/C10H17N3O2/c1-7-9(13-15-12-7)6-11-8-4-3-5-10(8)14-2/h8,10-11H,3-6H2,1-2H3. The second-order valence-corrected chi connectivity index (χ2v) is 3.99. The Morgan fingerprint density at radius 3 is 3.00 bits per heavy atom. The molecule has 0 aromatic carbocycles. The number of aromatic nitrogens is 2. The van der Waals surface area contributed by atoms with Crippen LogP contribution in [0.1, 0.15) is 30.7 Å². The van der Waals surface area contributed by atoms with E-state index in [4.69, 9.17) is 4.74 Å². The number of hydrogen-bond donors (Lipinski definition) is 1. The lowest BCUT2D eigenvalue weighted by molar-refractivity contribution is 0.0845. The molecule has 84 valence electrons. The van der Waals surface area contributed by atoms with Gasteiger partial charge in [-0.1, -0.05) is 10.3 Å². The van der Waals surface area contributed by atoms with Crippen molar-refractivity contribution >= 4 is 0 Å². The van der Waals surface area contributed by atoms with Gasteiger partial charge in [-0.3, -0.25) is 0 Å². The van der Waals surface area contributed by atoms with Gasteiger partial charge in [0.05, 0.1) is 6.10 Å². The zero-order valence-electron chi connectivity index (χ0n) is 9.19. The maximum absolute atomic E-state index is 5.40. The number of ether oxygens (including phenoxy) is 1. The molecule has 1 aliphatic rings. The van der Waals surface area contributed by atoms with Crippen LogP contribution in [0.5, 0.6) is 0 Å². The Morgan fingerprint density at radius 1 is 1.47 bits per heavy atom. The molecular weight excluding hydrogens is 194 g/mol. The molecule has 0 radical (unpaired) electrons. The zero-order valence-corrected chi connectivity index (χ0v) is 9.19. The minimum atomic E-state index is 0.338. The van der Waals surface area contributed by atoms with Gasteiger partial charge in [0, 0.05) is 19.7 Å². The zero-order chi connectivity index (χ0) is 10.7.